The SMILES string of the molecule is COc1ccc(S(=O)(=O)N(CC(=O)Nc2ccc(S(=O)(=O)Nc3cc(Cl)ccc3C)cc2)c2ccc(Cl)cc2)cc1OC. The minimum Gasteiger partial charge on any atom is -0.493 e. The molecule has 4 aromatic carbocycles. The molecule has 10 nitrogen and oxygen atoms in total. The molecule has 4 rings (SSSR count). The lowest BCUT2D eigenvalue weighted by atomic mass is 10.2. The number of amides is 1. The number of benzene rings is 4. The molecule has 0 heterocycles. The van der Waals surface area contributed by atoms with E-state index in [1.807, 2.05) is 0 Å². The average Bonchev–Trinajstić information content (AvgIpc) is 2.98. The van der Waals surface area contributed by atoms with Crippen LogP contribution in [0.3, 0.4) is 0 Å². The van der Waals surface area contributed by atoms with Crippen LogP contribution in [0, 0.1) is 6.92 Å². The normalized spacial score (nSPS) is 11.5. The van der Waals surface area contributed by atoms with Crippen LogP contribution in [0.1, 0.15) is 5.56 Å². The Kier molecular flexibility index (Phi) is 9.75. The molecule has 0 unspecified atom stereocenters. The Balaban J connectivity index is 1.56. The molecule has 2 N–H and O–H groups in total. The summed E-state index contributed by atoms with van der Waals surface area (Å²) in [6.45, 7) is 1.14. The summed E-state index contributed by atoms with van der Waals surface area (Å²) in [5, 5.41) is 3.37. The zero-order valence-corrected chi connectivity index (χ0v) is 26.3. The summed E-state index contributed by atoms with van der Waals surface area (Å²) >= 11 is 12.0. The van der Waals surface area contributed by atoms with Gasteiger partial charge in [-0.15, -0.1) is 0 Å². The van der Waals surface area contributed by atoms with Gasteiger partial charge in [-0.1, -0.05) is 29.3 Å². The smallest absolute Gasteiger partial charge is 0.264 e. The molecule has 4 aromatic rings. The summed E-state index contributed by atoms with van der Waals surface area (Å²) in [5.74, 6) is -0.151. The van der Waals surface area contributed by atoms with E-state index in [4.69, 9.17) is 32.7 Å². The maximum Gasteiger partial charge on any atom is 0.264 e. The van der Waals surface area contributed by atoms with E-state index in [0.29, 0.717) is 27.0 Å². The monoisotopic (exact) mass is 663 g/mol. The molecule has 43 heavy (non-hydrogen) atoms. The highest BCUT2D eigenvalue weighted by molar-refractivity contribution is 7.93. The number of rotatable bonds is 11. The fourth-order valence-electron chi connectivity index (χ4n) is 3.98. The van der Waals surface area contributed by atoms with Crippen LogP contribution in [0.15, 0.2) is 94.7 Å². The second kappa shape index (κ2) is 13.1. The van der Waals surface area contributed by atoms with Crippen LogP contribution in [0.25, 0.3) is 0 Å². The van der Waals surface area contributed by atoms with Crippen molar-refractivity contribution in [3.8, 4) is 11.5 Å². The predicted molar refractivity (Wildman–Crippen MR) is 168 cm³/mol. The molecule has 0 aliphatic rings. The summed E-state index contributed by atoms with van der Waals surface area (Å²) in [7, 11) is -5.43. The van der Waals surface area contributed by atoms with E-state index in [2.05, 4.69) is 10.0 Å². The number of nitrogens with zero attached hydrogens (tertiary/aromatic N) is 1. The number of nitrogens with one attached hydrogen (secondary N) is 2. The summed E-state index contributed by atoms with van der Waals surface area (Å²) in [4.78, 5) is 12.9. The second-order valence-corrected chi connectivity index (χ2v) is 13.6. The highest BCUT2D eigenvalue weighted by Gasteiger charge is 2.28. The highest BCUT2D eigenvalue weighted by atomic mass is 35.5. The molecule has 0 bridgehead atoms. The van der Waals surface area contributed by atoms with Gasteiger partial charge in [0.25, 0.3) is 20.0 Å². The Morgan fingerprint density at radius 1 is 0.767 bits per heavy atom. The number of carbonyl (C=O) groups excluding carboxylic acids is 1. The molecule has 1 amide bonds. The molecule has 0 radical (unpaired) electrons. The van der Waals surface area contributed by atoms with Crippen molar-refractivity contribution in [3.05, 3.63) is 101 Å². The van der Waals surface area contributed by atoms with E-state index in [-0.39, 0.29) is 26.9 Å². The van der Waals surface area contributed by atoms with Gasteiger partial charge in [0, 0.05) is 21.8 Å². The van der Waals surface area contributed by atoms with Crippen molar-refractivity contribution in [3.63, 3.8) is 0 Å². The van der Waals surface area contributed by atoms with E-state index in [1.54, 1.807) is 19.1 Å². The van der Waals surface area contributed by atoms with Gasteiger partial charge < -0.3 is 14.8 Å². The largest absolute Gasteiger partial charge is 0.493 e. The molecule has 226 valence electrons. The lowest BCUT2D eigenvalue weighted by Gasteiger charge is -2.24. The van der Waals surface area contributed by atoms with Gasteiger partial charge in [-0.2, -0.15) is 0 Å². The quantitative estimate of drug-likeness (QED) is 0.203. The maximum absolute atomic E-state index is 13.8. The van der Waals surface area contributed by atoms with Crippen LogP contribution in [-0.2, 0) is 24.8 Å². The first kappa shape index (κ1) is 32.0. The van der Waals surface area contributed by atoms with Crippen molar-refractivity contribution < 1.29 is 31.1 Å². The molecule has 0 fully saturated rings. The molecule has 0 aromatic heterocycles. The van der Waals surface area contributed by atoms with Crippen LogP contribution >= 0.6 is 23.2 Å². The summed E-state index contributed by atoms with van der Waals surface area (Å²) in [5.41, 5.74) is 1.47. The van der Waals surface area contributed by atoms with Crippen LogP contribution < -0.4 is 23.8 Å². The first-order chi connectivity index (χ1) is 20.3. The maximum atomic E-state index is 13.8. The zero-order valence-electron chi connectivity index (χ0n) is 23.2. The Morgan fingerprint density at radius 3 is 2.00 bits per heavy atom. The fraction of sp³-hybridized carbons (Fsp3) is 0.138. The topological polar surface area (TPSA) is 131 Å². The van der Waals surface area contributed by atoms with Gasteiger partial charge in [-0.05, 0) is 85.3 Å². The molecule has 0 saturated carbocycles. The first-order valence-electron chi connectivity index (χ1n) is 12.5. The third-order valence-electron chi connectivity index (χ3n) is 6.24. The number of aryl methyl sites for hydroxylation is 1. The molecular formula is C29H27Cl2N3O7S2. The van der Waals surface area contributed by atoms with Crippen LogP contribution in [0.2, 0.25) is 10.0 Å². The third-order valence-corrected chi connectivity index (χ3v) is 9.88. The summed E-state index contributed by atoms with van der Waals surface area (Å²) in [6, 6.07) is 20.3. The zero-order chi connectivity index (χ0) is 31.4. The van der Waals surface area contributed by atoms with Crippen LogP contribution in [-0.4, -0.2) is 43.5 Å². The van der Waals surface area contributed by atoms with Gasteiger partial charge in [-0.3, -0.25) is 13.8 Å². The van der Waals surface area contributed by atoms with E-state index in [0.717, 1.165) is 4.31 Å². The number of methoxy groups -OCH3 is 2. The van der Waals surface area contributed by atoms with E-state index < -0.39 is 32.5 Å². The molecule has 0 aliphatic heterocycles. The number of hydrogen-bond donors (Lipinski definition) is 2. The van der Waals surface area contributed by atoms with Crippen molar-refractivity contribution in [1.29, 1.82) is 0 Å². The van der Waals surface area contributed by atoms with Gasteiger partial charge >= 0.3 is 0 Å². The van der Waals surface area contributed by atoms with Gasteiger partial charge in [0.05, 0.1) is 35.4 Å². The fourth-order valence-corrected chi connectivity index (χ4v) is 6.84. The summed E-state index contributed by atoms with van der Waals surface area (Å²) in [6.07, 6.45) is 0. The standard InChI is InChI=1S/C29H27Cl2N3O7S2/c1-19-4-5-21(31)16-26(19)33-42(36,37)24-12-8-22(9-13-24)32-29(35)18-34(23-10-6-20(30)7-11-23)43(38,39)25-14-15-27(40-2)28(17-25)41-3/h4-17,33H,18H2,1-3H3,(H,32,35). The van der Waals surface area contributed by atoms with Crippen molar-refractivity contribution in [2.24, 2.45) is 0 Å². The minimum atomic E-state index is -4.28. The van der Waals surface area contributed by atoms with Crippen molar-refractivity contribution in [2.75, 3.05) is 35.1 Å². The molecule has 0 atom stereocenters. The summed E-state index contributed by atoms with van der Waals surface area (Å²) < 4.78 is 67.2. The number of carbonyl (C=O) groups is 1. The Bertz CT molecular complexity index is 1850. The average molecular weight is 665 g/mol. The molecular weight excluding hydrogens is 637 g/mol. The number of ether oxygens (including phenoxy) is 2. The number of anilines is 3. The van der Waals surface area contributed by atoms with E-state index >= 15 is 0 Å². The number of sulfonamides is 2. The Labute approximate surface area is 260 Å². The first-order valence-corrected chi connectivity index (χ1v) is 16.2. The van der Waals surface area contributed by atoms with Crippen molar-refractivity contribution in [2.45, 2.75) is 16.7 Å². The third kappa shape index (κ3) is 7.52. The molecule has 0 aliphatic carbocycles. The molecule has 14 heteroatoms. The van der Waals surface area contributed by atoms with Gasteiger partial charge in [0.1, 0.15) is 6.54 Å². The van der Waals surface area contributed by atoms with Crippen LogP contribution in [0.5, 0.6) is 11.5 Å². The molecule has 0 spiro atoms. The number of halogens is 2. The van der Waals surface area contributed by atoms with Crippen LogP contribution in [0.4, 0.5) is 17.1 Å². The van der Waals surface area contributed by atoms with Crippen molar-refractivity contribution in [1.82, 2.24) is 0 Å². The minimum absolute atomic E-state index is 0.0521. The van der Waals surface area contributed by atoms with Gasteiger partial charge in [0.15, 0.2) is 11.5 Å². The second-order valence-electron chi connectivity index (χ2n) is 9.14. The number of hydrogen-bond acceptors (Lipinski definition) is 7. The Morgan fingerprint density at radius 2 is 1.37 bits per heavy atom. The predicted octanol–water partition coefficient (Wildman–Crippen LogP) is 5.95. The molecule has 0 saturated heterocycles. The van der Waals surface area contributed by atoms with E-state index in [1.165, 1.54) is 87.0 Å². The highest BCUT2D eigenvalue weighted by Crippen LogP contribution is 2.32. The lowest BCUT2D eigenvalue weighted by molar-refractivity contribution is -0.114. The van der Waals surface area contributed by atoms with Gasteiger partial charge in [0.2, 0.25) is 5.91 Å². The Hall–Kier alpha value is -3.97. The lowest BCUT2D eigenvalue weighted by Crippen LogP contribution is -2.38. The van der Waals surface area contributed by atoms with E-state index in [9.17, 15) is 21.6 Å². The van der Waals surface area contributed by atoms with Gasteiger partial charge in [-0.25, -0.2) is 16.8 Å². The van der Waals surface area contributed by atoms with Crippen molar-refractivity contribution >= 4 is 66.2 Å².